The van der Waals surface area contributed by atoms with Gasteiger partial charge in [-0.15, -0.1) is 0 Å². The van der Waals surface area contributed by atoms with Crippen LogP contribution in [0.25, 0.3) is 5.83 Å². The van der Waals surface area contributed by atoms with Crippen LogP contribution in [0.2, 0.25) is 5.02 Å². The second-order valence-corrected chi connectivity index (χ2v) is 6.71. The van der Waals surface area contributed by atoms with Gasteiger partial charge < -0.3 is 5.11 Å². The topological polar surface area (TPSA) is 37.3 Å². The summed E-state index contributed by atoms with van der Waals surface area (Å²) in [6.07, 6.45) is -9.51. The van der Waals surface area contributed by atoms with E-state index in [0.29, 0.717) is 24.1 Å². The molecule has 2 rings (SSSR count). The summed E-state index contributed by atoms with van der Waals surface area (Å²) in [4.78, 5) is 11.0. The molecular weight excluding hydrogens is 441 g/mol. The fourth-order valence-corrected chi connectivity index (χ4v) is 3.10. The third-order valence-corrected chi connectivity index (χ3v) is 4.67. The van der Waals surface area contributed by atoms with Gasteiger partial charge in [-0.3, -0.25) is 0 Å². The van der Waals surface area contributed by atoms with Crippen molar-refractivity contribution in [2.24, 2.45) is 0 Å². The number of aromatic carboxylic acids is 1. The summed E-state index contributed by atoms with van der Waals surface area (Å²) in [5.41, 5.74) is -3.47. The normalized spacial score (nSPS) is 14.0. The summed E-state index contributed by atoms with van der Waals surface area (Å²) in [7, 11) is 0. The van der Waals surface area contributed by atoms with Gasteiger partial charge in [0, 0.05) is 10.6 Å². The molecule has 2 aromatic carbocycles. The molecule has 1 atom stereocenters. The second-order valence-electron chi connectivity index (χ2n) is 6.30. The van der Waals surface area contributed by atoms with Crippen molar-refractivity contribution in [1.29, 1.82) is 0 Å². The SMILES string of the molecule is CCc1ccc(C(/C=C(\F)c2ccc(C(=O)O)c(C(F)(F)F)c2)C(F)(F)F)cc1Cl. The molecule has 10 heteroatoms. The van der Waals surface area contributed by atoms with Crippen molar-refractivity contribution in [2.45, 2.75) is 31.6 Å². The number of halogens is 8. The van der Waals surface area contributed by atoms with Gasteiger partial charge in [0.05, 0.1) is 11.1 Å². The molecule has 162 valence electrons. The molecule has 0 radical (unpaired) electrons. The van der Waals surface area contributed by atoms with E-state index in [4.69, 9.17) is 16.7 Å². The van der Waals surface area contributed by atoms with Crippen LogP contribution in [-0.4, -0.2) is 17.3 Å². The van der Waals surface area contributed by atoms with Crippen molar-refractivity contribution in [3.05, 3.63) is 75.3 Å². The third-order valence-electron chi connectivity index (χ3n) is 4.31. The maximum absolute atomic E-state index is 14.6. The highest BCUT2D eigenvalue weighted by Gasteiger charge is 2.40. The van der Waals surface area contributed by atoms with Crippen molar-refractivity contribution < 1.29 is 40.6 Å². The third kappa shape index (κ3) is 5.33. The zero-order valence-electron chi connectivity index (χ0n) is 15.2. The lowest BCUT2D eigenvalue weighted by Gasteiger charge is -2.19. The van der Waals surface area contributed by atoms with Gasteiger partial charge in [-0.2, -0.15) is 26.3 Å². The van der Waals surface area contributed by atoms with Crippen LogP contribution in [0.15, 0.2) is 42.5 Å². The van der Waals surface area contributed by atoms with E-state index in [1.807, 2.05) is 0 Å². The van der Waals surface area contributed by atoms with Gasteiger partial charge in [-0.05, 0) is 41.8 Å². The maximum Gasteiger partial charge on any atom is 0.417 e. The summed E-state index contributed by atoms with van der Waals surface area (Å²) in [6, 6.07) is 4.81. The Hall–Kier alpha value is -2.55. The first-order valence-corrected chi connectivity index (χ1v) is 8.80. The monoisotopic (exact) mass is 454 g/mol. The molecule has 2 aromatic rings. The van der Waals surface area contributed by atoms with E-state index in [1.54, 1.807) is 6.92 Å². The average molecular weight is 455 g/mol. The number of carbonyl (C=O) groups is 1. The number of hydrogen-bond acceptors (Lipinski definition) is 1. The van der Waals surface area contributed by atoms with E-state index in [-0.39, 0.29) is 17.2 Å². The fourth-order valence-electron chi connectivity index (χ4n) is 2.78. The number of hydrogen-bond donors (Lipinski definition) is 1. The first-order chi connectivity index (χ1) is 13.8. The highest BCUT2D eigenvalue weighted by Crippen LogP contribution is 2.40. The van der Waals surface area contributed by atoms with Gasteiger partial charge in [0.15, 0.2) is 0 Å². The van der Waals surface area contributed by atoms with Crippen molar-refractivity contribution in [3.8, 4) is 0 Å². The van der Waals surface area contributed by atoms with Crippen LogP contribution in [0.1, 0.15) is 45.5 Å². The summed E-state index contributed by atoms with van der Waals surface area (Å²) in [6.45, 7) is 1.74. The Morgan fingerprint density at radius 3 is 2.20 bits per heavy atom. The van der Waals surface area contributed by atoms with Gasteiger partial charge in [-0.1, -0.05) is 36.7 Å². The van der Waals surface area contributed by atoms with E-state index in [9.17, 15) is 35.5 Å². The number of alkyl halides is 6. The van der Waals surface area contributed by atoms with Gasteiger partial charge >= 0.3 is 18.3 Å². The van der Waals surface area contributed by atoms with Crippen LogP contribution < -0.4 is 0 Å². The second kappa shape index (κ2) is 8.67. The Bertz CT molecular complexity index is 978. The molecule has 0 heterocycles. The van der Waals surface area contributed by atoms with Gasteiger partial charge in [-0.25, -0.2) is 9.18 Å². The molecule has 0 aliphatic heterocycles. The van der Waals surface area contributed by atoms with Crippen LogP contribution in [0.5, 0.6) is 0 Å². The molecule has 0 aliphatic carbocycles. The largest absolute Gasteiger partial charge is 0.478 e. The van der Waals surface area contributed by atoms with Crippen molar-refractivity contribution >= 4 is 23.4 Å². The molecule has 0 saturated carbocycles. The number of rotatable bonds is 5. The minimum atomic E-state index is -5.14. The van der Waals surface area contributed by atoms with Crippen LogP contribution in [0.4, 0.5) is 30.7 Å². The number of benzene rings is 2. The standard InChI is InChI=1S/C20H14ClF7O2/c1-2-10-3-4-11(8-16(10)21)14(19(23,24)25)9-17(22)12-5-6-13(18(29)30)15(7-12)20(26,27)28/h3-9,14H,2H2,1H3,(H,29,30)/b17-9-. The number of aryl methyl sites for hydroxylation is 1. The summed E-state index contributed by atoms with van der Waals surface area (Å²) < 4.78 is 94.4. The molecule has 1 N–H and O–H groups in total. The highest BCUT2D eigenvalue weighted by atomic mass is 35.5. The van der Waals surface area contributed by atoms with E-state index in [0.717, 1.165) is 12.1 Å². The van der Waals surface area contributed by atoms with Crippen molar-refractivity contribution in [1.82, 2.24) is 0 Å². The minimum Gasteiger partial charge on any atom is -0.478 e. The molecule has 0 fully saturated rings. The molecule has 0 spiro atoms. The lowest BCUT2D eigenvalue weighted by molar-refractivity contribution is -0.140. The van der Waals surface area contributed by atoms with E-state index >= 15 is 0 Å². The predicted octanol–water partition coefficient (Wildman–Crippen LogP) is 7.28. The van der Waals surface area contributed by atoms with Crippen molar-refractivity contribution in [2.75, 3.05) is 0 Å². The van der Waals surface area contributed by atoms with E-state index < -0.39 is 52.3 Å². The molecule has 0 aliphatic rings. The number of allylic oxidation sites excluding steroid dienone is 1. The molecule has 30 heavy (non-hydrogen) atoms. The molecule has 2 nitrogen and oxygen atoms in total. The first kappa shape index (κ1) is 23.7. The van der Waals surface area contributed by atoms with Gasteiger partial charge in [0.1, 0.15) is 11.7 Å². The molecular formula is C20H14ClF7O2. The smallest absolute Gasteiger partial charge is 0.417 e. The molecule has 0 bridgehead atoms. The number of carboxylic acid groups (broad SMARTS) is 1. The highest BCUT2D eigenvalue weighted by molar-refractivity contribution is 6.31. The van der Waals surface area contributed by atoms with Crippen LogP contribution >= 0.6 is 11.6 Å². The summed E-state index contributed by atoms with van der Waals surface area (Å²) in [5.74, 6) is -5.97. The summed E-state index contributed by atoms with van der Waals surface area (Å²) in [5, 5.41) is 8.90. The van der Waals surface area contributed by atoms with Crippen LogP contribution in [0.3, 0.4) is 0 Å². The quantitative estimate of drug-likeness (QED) is 0.482. The molecule has 0 aromatic heterocycles. The minimum absolute atomic E-state index is 0.0447. The lowest BCUT2D eigenvalue weighted by atomic mass is 9.94. The maximum atomic E-state index is 14.6. The van der Waals surface area contributed by atoms with E-state index in [2.05, 4.69) is 0 Å². The van der Waals surface area contributed by atoms with Gasteiger partial charge in [0.2, 0.25) is 0 Å². The zero-order valence-corrected chi connectivity index (χ0v) is 16.0. The molecule has 0 amide bonds. The van der Waals surface area contributed by atoms with Crippen LogP contribution in [-0.2, 0) is 12.6 Å². The molecule has 1 unspecified atom stereocenters. The predicted molar refractivity (Wildman–Crippen MR) is 97.1 cm³/mol. The Balaban J connectivity index is 2.57. The first-order valence-electron chi connectivity index (χ1n) is 8.43. The summed E-state index contributed by atoms with van der Waals surface area (Å²) >= 11 is 5.93. The van der Waals surface area contributed by atoms with Crippen LogP contribution in [0, 0.1) is 0 Å². The fraction of sp³-hybridized carbons (Fsp3) is 0.250. The Morgan fingerprint density at radius 1 is 1.10 bits per heavy atom. The van der Waals surface area contributed by atoms with E-state index in [1.165, 1.54) is 6.07 Å². The number of carboxylic acids is 1. The van der Waals surface area contributed by atoms with Gasteiger partial charge in [0.25, 0.3) is 0 Å². The molecule has 0 saturated heterocycles. The Labute approximate surface area is 171 Å². The zero-order chi connectivity index (χ0) is 22.9. The lowest BCUT2D eigenvalue weighted by Crippen LogP contribution is -2.19. The Kier molecular flexibility index (Phi) is 6.86. The average Bonchev–Trinajstić information content (AvgIpc) is 2.63. The Morgan fingerprint density at radius 2 is 1.73 bits per heavy atom. The van der Waals surface area contributed by atoms with Crippen molar-refractivity contribution in [3.63, 3.8) is 0 Å².